The number of ether oxygens (including phenoxy) is 1. The Morgan fingerprint density at radius 2 is 1.08 bits per heavy atom. The highest BCUT2D eigenvalue weighted by Gasteiger charge is 2.14. The van der Waals surface area contributed by atoms with Gasteiger partial charge in [0.1, 0.15) is 23.1 Å². The second-order valence-corrected chi connectivity index (χ2v) is 15.8. The molecule has 0 heterocycles. The standard InChI is InChI=1S/C14H12BrFO.C13H10BrFO.BBr3/c1-9-7-11(14(17-2)12(15)8-9)10-5-3-4-6-13(10)16;1-8-6-10(13(16)11(14)7-8)9-4-2-3-5-12(9)15;2-1(3)4/h3-8H,1-2H3;2-7,16H,1H3;. The molecule has 0 aliphatic rings. The van der Waals surface area contributed by atoms with E-state index in [1.165, 1.54) is 12.1 Å². The molecular weight excluding hydrogens is 805 g/mol. The fourth-order valence-corrected chi connectivity index (χ4v) is 4.75. The average Bonchev–Trinajstić information content (AvgIpc) is 2.82. The van der Waals surface area contributed by atoms with Crippen LogP contribution in [-0.4, -0.2) is 15.4 Å². The molecule has 4 rings (SSSR count). The molecule has 0 saturated carbocycles. The van der Waals surface area contributed by atoms with Crippen molar-refractivity contribution in [2.45, 2.75) is 13.8 Å². The highest BCUT2D eigenvalue weighted by molar-refractivity contribution is 9.69. The monoisotopic (exact) mass is 822 g/mol. The molecule has 0 aliphatic heterocycles. The third kappa shape index (κ3) is 9.50. The van der Waals surface area contributed by atoms with Crippen molar-refractivity contribution < 1.29 is 18.6 Å². The maximum absolute atomic E-state index is 13.8. The summed E-state index contributed by atoms with van der Waals surface area (Å²) in [5.41, 5.74) is 4.24. The lowest BCUT2D eigenvalue weighted by Gasteiger charge is -2.12. The number of methoxy groups -OCH3 is 1. The molecule has 1 N–H and O–H groups in total. The van der Waals surface area contributed by atoms with Gasteiger partial charge in [-0.05, 0) is 93.2 Å². The van der Waals surface area contributed by atoms with Crippen LogP contribution in [0.5, 0.6) is 11.5 Å². The van der Waals surface area contributed by atoms with E-state index in [1.807, 2.05) is 32.0 Å². The van der Waals surface area contributed by atoms with Crippen molar-refractivity contribution in [2.24, 2.45) is 0 Å². The first kappa shape index (κ1) is 32.0. The van der Waals surface area contributed by atoms with E-state index in [4.69, 9.17) is 4.74 Å². The van der Waals surface area contributed by atoms with Gasteiger partial charge in [-0.25, -0.2) is 8.78 Å². The van der Waals surface area contributed by atoms with E-state index in [1.54, 1.807) is 49.6 Å². The minimum absolute atomic E-state index is 0.0655. The molecule has 4 aromatic rings. The largest absolute Gasteiger partial charge is 0.506 e. The van der Waals surface area contributed by atoms with Gasteiger partial charge in [-0.3, -0.25) is 0 Å². The number of hydrogen-bond donors (Lipinski definition) is 1. The lowest BCUT2D eigenvalue weighted by Crippen LogP contribution is -1.92. The second-order valence-electron chi connectivity index (χ2n) is 7.68. The molecule has 2 nitrogen and oxygen atoms in total. The van der Waals surface area contributed by atoms with Crippen LogP contribution in [0.2, 0.25) is 0 Å². The van der Waals surface area contributed by atoms with Crippen molar-refractivity contribution in [1.29, 1.82) is 0 Å². The molecule has 0 amide bonds. The molecule has 0 aliphatic carbocycles. The molecule has 4 aromatic carbocycles. The van der Waals surface area contributed by atoms with Gasteiger partial charge in [-0.15, -0.1) is 47.3 Å². The SMILES string of the molecule is BrB(Br)Br.COc1c(Br)cc(C)cc1-c1ccccc1F.Cc1cc(Br)c(O)c(-c2ccccc2F)c1. The van der Waals surface area contributed by atoms with Crippen molar-refractivity contribution in [3.63, 3.8) is 0 Å². The molecule has 37 heavy (non-hydrogen) atoms. The molecule has 0 saturated heterocycles. The van der Waals surface area contributed by atoms with Crippen LogP contribution in [0.4, 0.5) is 8.78 Å². The van der Waals surface area contributed by atoms with Gasteiger partial charge in [0.25, 0.3) is 0 Å². The molecule has 0 fully saturated rings. The summed E-state index contributed by atoms with van der Waals surface area (Å²) in [6, 6.07) is 20.5. The number of phenolic OH excluding ortho intramolecular Hbond substituents is 1. The predicted octanol–water partition coefficient (Wildman–Crippen LogP) is 11.0. The molecule has 0 spiro atoms. The van der Waals surface area contributed by atoms with Crippen molar-refractivity contribution in [2.75, 3.05) is 7.11 Å². The maximum Gasteiger partial charge on any atom is 0.369 e. The minimum atomic E-state index is -0.338. The summed E-state index contributed by atoms with van der Waals surface area (Å²) in [7, 11) is 1.58. The van der Waals surface area contributed by atoms with Crippen LogP contribution < -0.4 is 4.74 Å². The predicted molar refractivity (Wildman–Crippen MR) is 169 cm³/mol. The Morgan fingerprint density at radius 3 is 1.54 bits per heavy atom. The molecule has 0 radical (unpaired) electrons. The van der Waals surface area contributed by atoms with E-state index in [2.05, 4.69) is 79.1 Å². The fraction of sp³-hybridized carbons (Fsp3) is 0.111. The topological polar surface area (TPSA) is 29.5 Å². The van der Waals surface area contributed by atoms with Crippen molar-refractivity contribution in [3.8, 4) is 33.8 Å². The summed E-state index contributed by atoms with van der Waals surface area (Å²) >= 11 is 16.0. The normalized spacial score (nSPS) is 10.0. The lowest BCUT2D eigenvalue weighted by molar-refractivity contribution is 0.413. The number of phenols is 1. The van der Waals surface area contributed by atoms with Crippen molar-refractivity contribution in [3.05, 3.63) is 105 Å². The Balaban J connectivity index is 0.000000228. The molecule has 10 heteroatoms. The van der Waals surface area contributed by atoms with Crippen LogP contribution in [-0.2, 0) is 0 Å². The molecule has 0 atom stereocenters. The van der Waals surface area contributed by atoms with Gasteiger partial charge in [0.05, 0.1) is 16.1 Å². The molecule has 0 unspecified atom stereocenters. The zero-order chi connectivity index (χ0) is 27.7. The summed E-state index contributed by atoms with van der Waals surface area (Å²) in [6.07, 6.45) is 0. The summed E-state index contributed by atoms with van der Waals surface area (Å²) in [5.74, 6) is 0.134. The number of benzene rings is 4. The Bertz CT molecular complexity index is 1350. The van der Waals surface area contributed by atoms with Crippen LogP contribution in [0.15, 0.2) is 81.7 Å². The number of halogens is 7. The first-order valence-electron chi connectivity index (χ1n) is 10.7. The van der Waals surface area contributed by atoms with Gasteiger partial charge < -0.3 is 9.84 Å². The highest BCUT2D eigenvalue weighted by Crippen LogP contribution is 2.39. The van der Waals surface area contributed by atoms with Gasteiger partial charge in [-0.2, -0.15) is 0 Å². The van der Waals surface area contributed by atoms with Crippen LogP contribution in [0.3, 0.4) is 0 Å². The molecule has 0 aromatic heterocycles. The summed E-state index contributed by atoms with van der Waals surface area (Å²) in [6.45, 7) is 3.86. The van der Waals surface area contributed by atoms with E-state index >= 15 is 0 Å². The average molecular weight is 827 g/mol. The summed E-state index contributed by atoms with van der Waals surface area (Å²) < 4.78 is 34.4. The third-order valence-electron chi connectivity index (χ3n) is 4.93. The van der Waals surface area contributed by atoms with Crippen LogP contribution >= 0.6 is 79.1 Å². The van der Waals surface area contributed by atoms with Crippen molar-refractivity contribution in [1.82, 2.24) is 0 Å². The third-order valence-corrected chi connectivity index (χ3v) is 6.12. The van der Waals surface area contributed by atoms with Crippen LogP contribution in [0.25, 0.3) is 22.3 Å². The van der Waals surface area contributed by atoms with Gasteiger partial charge in [0.2, 0.25) is 0 Å². The van der Waals surface area contributed by atoms with E-state index in [0.29, 0.717) is 26.9 Å². The zero-order valence-electron chi connectivity index (χ0n) is 20.0. The smallest absolute Gasteiger partial charge is 0.369 e. The number of hydrogen-bond acceptors (Lipinski definition) is 2. The highest BCUT2D eigenvalue weighted by atomic mass is 79.9. The quantitative estimate of drug-likeness (QED) is 0.209. The summed E-state index contributed by atoms with van der Waals surface area (Å²) in [4.78, 5) is 0. The fourth-order valence-electron chi connectivity index (χ4n) is 3.44. The van der Waals surface area contributed by atoms with Gasteiger partial charge in [0.15, 0.2) is 0 Å². The van der Waals surface area contributed by atoms with E-state index < -0.39 is 0 Å². The molecule has 194 valence electrons. The Morgan fingerprint density at radius 1 is 0.676 bits per heavy atom. The van der Waals surface area contributed by atoms with Gasteiger partial charge >= 0.3 is 3.18 Å². The summed E-state index contributed by atoms with van der Waals surface area (Å²) in [5, 5.41) is 9.89. The number of aromatic hydroxyl groups is 1. The van der Waals surface area contributed by atoms with Crippen LogP contribution in [0.1, 0.15) is 11.1 Å². The Kier molecular flexibility index (Phi) is 13.3. The van der Waals surface area contributed by atoms with Gasteiger partial charge in [-0.1, -0.05) is 36.4 Å². The van der Waals surface area contributed by atoms with E-state index in [-0.39, 0.29) is 20.6 Å². The maximum atomic E-state index is 13.8. The molecule has 0 bridgehead atoms. The molecular formula is C27H22BBr5F2O2. The first-order chi connectivity index (χ1) is 17.5. The minimum Gasteiger partial charge on any atom is -0.506 e. The van der Waals surface area contributed by atoms with Crippen LogP contribution in [0, 0.1) is 25.5 Å². The second kappa shape index (κ2) is 15.4. The number of rotatable bonds is 3. The van der Waals surface area contributed by atoms with E-state index in [9.17, 15) is 13.9 Å². The zero-order valence-corrected chi connectivity index (χ0v) is 27.9. The van der Waals surface area contributed by atoms with Gasteiger partial charge in [0, 0.05) is 22.3 Å². The van der Waals surface area contributed by atoms with E-state index in [0.717, 1.165) is 21.2 Å². The number of aryl methyl sites for hydroxylation is 2. The Hall–Kier alpha value is -1.20. The van der Waals surface area contributed by atoms with Crippen molar-refractivity contribution >= 4 is 82.3 Å². The first-order valence-corrected chi connectivity index (χ1v) is 15.0. The Labute approximate surface area is 258 Å². The lowest BCUT2D eigenvalue weighted by atomic mass is 10.0.